The normalized spacial score (nSPS) is 11.4. The van der Waals surface area contributed by atoms with Crippen molar-refractivity contribution in [2.45, 2.75) is 26.2 Å². The quantitative estimate of drug-likeness (QED) is 0.662. The van der Waals surface area contributed by atoms with E-state index in [9.17, 15) is 14.0 Å². The first-order chi connectivity index (χ1) is 11.8. The van der Waals surface area contributed by atoms with Crippen LogP contribution >= 0.6 is 0 Å². The molecule has 0 heterocycles. The molecule has 0 aliphatic heterocycles. The summed E-state index contributed by atoms with van der Waals surface area (Å²) in [6.45, 7) is 6.26. The molecule has 0 atom stereocenters. The zero-order valence-electron chi connectivity index (χ0n) is 14.5. The van der Waals surface area contributed by atoms with E-state index in [2.05, 4.69) is 31.6 Å². The largest absolute Gasteiger partial charge is 0.269 e. The maximum absolute atomic E-state index is 13.4. The lowest BCUT2D eigenvalue weighted by atomic mass is 9.87. The number of carbonyl (C=O) groups is 2. The van der Waals surface area contributed by atoms with Crippen molar-refractivity contribution in [3.63, 3.8) is 0 Å². The van der Waals surface area contributed by atoms with Gasteiger partial charge >= 0.3 is 0 Å². The monoisotopic (exact) mass is 340 g/mol. The van der Waals surface area contributed by atoms with Crippen molar-refractivity contribution in [3.05, 3.63) is 77.1 Å². The van der Waals surface area contributed by atoms with Gasteiger partial charge in [-0.05, 0) is 35.3 Å². The number of benzene rings is 2. The van der Waals surface area contributed by atoms with Crippen LogP contribution in [0.5, 0.6) is 0 Å². The fourth-order valence-electron chi connectivity index (χ4n) is 2.13. The zero-order chi connectivity index (χ0) is 18.4. The summed E-state index contributed by atoms with van der Waals surface area (Å²) in [6.07, 6.45) is 2.50. The van der Waals surface area contributed by atoms with Crippen LogP contribution in [0.4, 0.5) is 4.39 Å². The molecule has 2 aromatic rings. The SMILES string of the molecule is CC(C)(C)c1ccc(C(=O)NNC(=O)/C=C/c2ccccc2F)cc1. The van der Waals surface area contributed by atoms with Gasteiger partial charge in [0.15, 0.2) is 0 Å². The molecule has 130 valence electrons. The first-order valence-electron chi connectivity index (χ1n) is 7.91. The van der Waals surface area contributed by atoms with Crippen molar-refractivity contribution in [1.29, 1.82) is 0 Å². The molecule has 2 rings (SSSR count). The first kappa shape index (κ1) is 18.4. The smallest absolute Gasteiger partial charge is 0.268 e. The number of hydrogen-bond donors (Lipinski definition) is 2. The van der Waals surface area contributed by atoms with Crippen LogP contribution in [0.2, 0.25) is 0 Å². The average Bonchev–Trinajstić information content (AvgIpc) is 2.58. The standard InChI is InChI=1S/C20H21FN2O2/c1-20(2,3)16-11-8-15(9-12-16)19(25)23-22-18(24)13-10-14-6-4-5-7-17(14)21/h4-13H,1-3H3,(H,22,24)(H,23,25)/b13-10+. The van der Waals surface area contributed by atoms with E-state index in [0.29, 0.717) is 11.1 Å². The van der Waals surface area contributed by atoms with E-state index in [-0.39, 0.29) is 5.41 Å². The Morgan fingerprint density at radius 3 is 2.20 bits per heavy atom. The molecule has 0 fully saturated rings. The van der Waals surface area contributed by atoms with Crippen LogP contribution in [0.25, 0.3) is 6.08 Å². The second-order valence-corrected chi connectivity index (χ2v) is 6.63. The van der Waals surface area contributed by atoms with Gasteiger partial charge in [-0.25, -0.2) is 4.39 Å². The van der Waals surface area contributed by atoms with Gasteiger partial charge in [0.05, 0.1) is 0 Å². The van der Waals surface area contributed by atoms with Crippen LogP contribution in [-0.4, -0.2) is 11.8 Å². The molecule has 5 heteroatoms. The van der Waals surface area contributed by atoms with Gasteiger partial charge < -0.3 is 0 Å². The lowest BCUT2D eigenvalue weighted by molar-refractivity contribution is -0.117. The fraction of sp³-hybridized carbons (Fsp3) is 0.200. The summed E-state index contributed by atoms with van der Waals surface area (Å²) < 4.78 is 13.4. The molecule has 4 nitrogen and oxygen atoms in total. The Balaban J connectivity index is 1.91. The highest BCUT2D eigenvalue weighted by molar-refractivity contribution is 5.97. The van der Waals surface area contributed by atoms with Crippen molar-refractivity contribution in [2.75, 3.05) is 0 Å². The Morgan fingerprint density at radius 2 is 1.60 bits per heavy atom. The van der Waals surface area contributed by atoms with Crippen molar-refractivity contribution < 1.29 is 14.0 Å². The van der Waals surface area contributed by atoms with E-state index >= 15 is 0 Å². The summed E-state index contributed by atoms with van der Waals surface area (Å²) in [5.74, 6) is -1.40. The van der Waals surface area contributed by atoms with E-state index in [1.165, 1.54) is 12.1 Å². The molecular weight excluding hydrogens is 319 g/mol. The number of hydrogen-bond acceptors (Lipinski definition) is 2. The minimum atomic E-state index is -0.553. The van der Waals surface area contributed by atoms with Crippen LogP contribution in [0.3, 0.4) is 0 Å². The molecular formula is C20H21FN2O2. The third-order valence-corrected chi connectivity index (χ3v) is 3.63. The van der Waals surface area contributed by atoms with Gasteiger partial charge in [0.1, 0.15) is 5.82 Å². The predicted molar refractivity (Wildman–Crippen MR) is 96.2 cm³/mol. The second kappa shape index (κ2) is 7.75. The molecule has 25 heavy (non-hydrogen) atoms. The van der Waals surface area contributed by atoms with Gasteiger partial charge in [0.2, 0.25) is 0 Å². The van der Waals surface area contributed by atoms with E-state index < -0.39 is 17.6 Å². The van der Waals surface area contributed by atoms with Crippen molar-refractivity contribution in [2.24, 2.45) is 0 Å². The second-order valence-electron chi connectivity index (χ2n) is 6.63. The summed E-state index contributed by atoms with van der Waals surface area (Å²) in [5, 5.41) is 0. The summed E-state index contributed by atoms with van der Waals surface area (Å²) >= 11 is 0. The molecule has 2 amide bonds. The van der Waals surface area contributed by atoms with E-state index in [1.54, 1.807) is 30.3 Å². The highest BCUT2D eigenvalue weighted by Gasteiger charge is 2.14. The van der Waals surface area contributed by atoms with Gasteiger partial charge in [-0.2, -0.15) is 0 Å². The summed E-state index contributed by atoms with van der Waals surface area (Å²) in [5.41, 5.74) is 6.43. The van der Waals surface area contributed by atoms with Gasteiger partial charge in [0.25, 0.3) is 11.8 Å². The Kier molecular flexibility index (Phi) is 5.70. The number of hydrazine groups is 1. The average molecular weight is 340 g/mol. The molecule has 2 N–H and O–H groups in total. The lowest BCUT2D eigenvalue weighted by Crippen LogP contribution is -2.40. The van der Waals surface area contributed by atoms with Crippen LogP contribution < -0.4 is 10.9 Å². The predicted octanol–water partition coefficient (Wildman–Crippen LogP) is 3.60. The molecule has 0 saturated heterocycles. The van der Waals surface area contributed by atoms with Gasteiger partial charge in [-0.3, -0.25) is 20.4 Å². The molecule has 0 bridgehead atoms. The summed E-state index contributed by atoms with van der Waals surface area (Å²) in [4.78, 5) is 23.7. The highest BCUT2D eigenvalue weighted by Crippen LogP contribution is 2.22. The van der Waals surface area contributed by atoms with Crippen molar-refractivity contribution in [1.82, 2.24) is 10.9 Å². The third kappa shape index (κ3) is 5.28. The zero-order valence-corrected chi connectivity index (χ0v) is 14.5. The molecule has 0 spiro atoms. The Labute approximate surface area is 146 Å². The number of amides is 2. The first-order valence-corrected chi connectivity index (χ1v) is 7.91. The van der Waals surface area contributed by atoms with E-state index in [4.69, 9.17) is 0 Å². The van der Waals surface area contributed by atoms with Crippen LogP contribution in [0.1, 0.15) is 42.3 Å². The number of rotatable bonds is 3. The van der Waals surface area contributed by atoms with Crippen molar-refractivity contribution >= 4 is 17.9 Å². The van der Waals surface area contributed by atoms with Crippen LogP contribution in [-0.2, 0) is 10.2 Å². The maximum Gasteiger partial charge on any atom is 0.269 e. The molecule has 0 radical (unpaired) electrons. The molecule has 2 aromatic carbocycles. The molecule has 0 aliphatic carbocycles. The van der Waals surface area contributed by atoms with E-state index in [0.717, 1.165) is 11.6 Å². The minimum Gasteiger partial charge on any atom is -0.268 e. The highest BCUT2D eigenvalue weighted by atomic mass is 19.1. The number of halogens is 1. The minimum absolute atomic E-state index is 0.000723. The van der Waals surface area contributed by atoms with Gasteiger partial charge in [0, 0.05) is 17.2 Å². The Bertz CT molecular complexity index is 790. The van der Waals surface area contributed by atoms with Crippen LogP contribution in [0.15, 0.2) is 54.6 Å². The molecule has 0 aromatic heterocycles. The van der Waals surface area contributed by atoms with Gasteiger partial charge in [-0.1, -0.05) is 51.1 Å². The van der Waals surface area contributed by atoms with E-state index in [1.807, 2.05) is 12.1 Å². The maximum atomic E-state index is 13.4. The Morgan fingerprint density at radius 1 is 0.960 bits per heavy atom. The third-order valence-electron chi connectivity index (χ3n) is 3.63. The van der Waals surface area contributed by atoms with Crippen LogP contribution in [0, 0.1) is 5.82 Å². The lowest BCUT2D eigenvalue weighted by Gasteiger charge is -2.19. The topological polar surface area (TPSA) is 58.2 Å². The van der Waals surface area contributed by atoms with Crippen molar-refractivity contribution in [3.8, 4) is 0 Å². The van der Waals surface area contributed by atoms with Gasteiger partial charge in [-0.15, -0.1) is 0 Å². The fourth-order valence-corrected chi connectivity index (χ4v) is 2.13. The molecule has 0 aliphatic rings. The summed E-state index contributed by atoms with van der Waals surface area (Å²) in [7, 11) is 0. The molecule has 0 saturated carbocycles. The number of nitrogens with one attached hydrogen (secondary N) is 2. The Hall–Kier alpha value is -2.95. The number of carbonyl (C=O) groups excluding carboxylic acids is 2. The molecule has 0 unspecified atom stereocenters. The summed E-state index contributed by atoms with van der Waals surface area (Å²) in [6, 6.07) is 13.3.